The van der Waals surface area contributed by atoms with Gasteiger partial charge in [-0.1, -0.05) is 0 Å². The summed E-state index contributed by atoms with van der Waals surface area (Å²) in [5.74, 6) is 0. The Hall–Kier alpha value is -0.810. The van der Waals surface area contributed by atoms with Crippen molar-refractivity contribution >= 4 is 6.09 Å². The number of hydrogen-bond acceptors (Lipinski definition) is 4. The summed E-state index contributed by atoms with van der Waals surface area (Å²) in [6, 6.07) is 0. The summed E-state index contributed by atoms with van der Waals surface area (Å²) >= 11 is 0. The van der Waals surface area contributed by atoms with Crippen molar-refractivity contribution in [3.8, 4) is 0 Å². The number of aliphatic hydroxyl groups is 1. The van der Waals surface area contributed by atoms with E-state index in [0.29, 0.717) is 19.5 Å². The molecule has 17 heavy (non-hydrogen) atoms. The molecular formula is C12H26N2O3. The Morgan fingerprint density at radius 2 is 1.82 bits per heavy atom. The molecule has 0 spiro atoms. The zero-order valence-corrected chi connectivity index (χ0v) is 11.6. The van der Waals surface area contributed by atoms with Gasteiger partial charge in [0.15, 0.2) is 0 Å². The highest BCUT2D eigenvalue weighted by Gasteiger charge is 2.25. The summed E-state index contributed by atoms with van der Waals surface area (Å²) in [5.41, 5.74) is 4.90. The van der Waals surface area contributed by atoms with Gasteiger partial charge >= 0.3 is 6.09 Å². The van der Waals surface area contributed by atoms with E-state index in [1.807, 2.05) is 34.6 Å². The molecule has 0 bridgehead atoms. The van der Waals surface area contributed by atoms with Gasteiger partial charge in [-0.15, -0.1) is 0 Å². The van der Waals surface area contributed by atoms with Crippen LogP contribution in [-0.2, 0) is 4.74 Å². The highest BCUT2D eigenvalue weighted by molar-refractivity contribution is 5.68. The van der Waals surface area contributed by atoms with Crippen molar-refractivity contribution in [3.05, 3.63) is 0 Å². The standard InChI is InChI=1S/C12H26N2O3/c1-11(2,3)17-10(16)14(7-6-8-15)9-12(4,5)13/h15H,6-9,13H2,1-5H3. The van der Waals surface area contributed by atoms with Crippen LogP contribution in [0.3, 0.4) is 0 Å². The lowest BCUT2D eigenvalue weighted by Gasteiger charge is -2.31. The third-order valence-electron chi connectivity index (χ3n) is 1.84. The molecule has 0 saturated heterocycles. The monoisotopic (exact) mass is 246 g/mol. The van der Waals surface area contributed by atoms with Crippen LogP contribution < -0.4 is 5.73 Å². The van der Waals surface area contributed by atoms with E-state index in [1.165, 1.54) is 0 Å². The molecule has 0 rings (SSSR count). The number of amides is 1. The first-order valence-electron chi connectivity index (χ1n) is 5.93. The molecule has 3 N–H and O–H groups in total. The molecule has 102 valence electrons. The number of hydrogen-bond donors (Lipinski definition) is 2. The third kappa shape index (κ3) is 8.94. The average Bonchev–Trinajstić information content (AvgIpc) is 2.07. The number of nitrogens with zero attached hydrogens (tertiary/aromatic N) is 1. The van der Waals surface area contributed by atoms with E-state index in [-0.39, 0.29) is 12.7 Å². The zero-order chi connectivity index (χ0) is 13.7. The molecule has 0 aliphatic rings. The van der Waals surface area contributed by atoms with Gasteiger partial charge in [-0.2, -0.15) is 0 Å². The van der Waals surface area contributed by atoms with Gasteiger partial charge in [0, 0.05) is 25.2 Å². The maximum Gasteiger partial charge on any atom is 0.410 e. The Kier molecular flexibility index (Phi) is 5.92. The van der Waals surface area contributed by atoms with Crippen LogP contribution in [0.25, 0.3) is 0 Å². The summed E-state index contributed by atoms with van der Waals surface area (Å²) in [5, 5.41) is 8.82. The maximum atomic E-state index is 11.9. The van der Waals surface area contributed by atoms with Crippen LogP contribution in [0.5, 0.6) is 0 Å². The molecule has 0 radical (unpaired) electrons. The SMILES string of the molecule is CC(C)(N)CN(CCCO)C(=O)OC(C)(C)C. The normalized spacial score (nSPS) is 12.4. The van der Waals surface area contributed by atoms with Gasteiger partial charge in [0.1, 0.15) is 5.60 Å². The van der Waals surface area contributed by atoms with E-state index in [1.54, 1.807) is 4.90 Å². The first-order chi connectivity index (χ1) is 7.55. The van der Waals surface area contributed by atoms with Gasteiger partial charge in [0.25, 0.3) is 0 Å². The molecule has 0 heterocycles. The lowest BCUT2D eigenvalue weighted by atomic mass is 10.1. The number of ether oxygens (including phenoxy) is 1. The molecule has 0 aliphatic heterocycles. The zero-order valence-electron chi connectivity index (χ0n) is 11.6. The van der Waals surface area contributed by atoms with Crippen LogP contribution in [0, 0.1) is 0 Å². The van der Waals surface area contributed by atoms with Crippen LogP contribution >= 0.6 is 0 Å². The smallest absolute Gasteiger partial charge is 0.410 e. The molecule has 1 amide bonds. The predicted molar refractivity (Wildman–Crippen MR) is 67.8 cm³/mol. The Balaban J connectivity index is 4.51. The van der Waals surface area contributed by atoms with Crippen molar-refractivity contribution in [2.75, 3.05) is 19.7 Å². The maximum absolute atomic E-state index is 11.9. The van der Waals surface area contributed by atoms with E-state index in [9.17, 15) is 4.79 Å². The number of nitrogens with two attached hydrogens (primary N) is 1. The molecule has 0 aromatic carbocycles. The number of aliphatic hydroxyl groups excluding tert-OH is 1. The van der Waals surface area contributed by atoms with Crippen molar-refractivity contribution in [2.24, 2.45) is 5.73 Å². The molecule has 0 aliphatic carbocycles. The van der Waals surface area contributed by atoms with Crippen molar-refractivity contribution in [3.63, 3.8) is 0 Å². The predicted octanol–water partition coefficient (Wildman–Crippen LogP) is 1.34. The quantitative estimate of drug-likeness (QED) is 0.767. The second-order valence-electron chi connectivity index (χ2n) is 5.97. The van der Waals surface area contributed by atoms with Gasteiger partial charge in [0.05, 0.1) is 0 Å². The summed E-state index contributed by atoms with van der Waals surface area (Å²) < 4.78 is 5.29. The summed E-state index contributed by atoms with van der Waals surface area (Å²) in [6.07, 6.45) is 0.138. The van der Waals surface area contributed by atoms with Crippen molar-refractivity contribution < 1.29 is 14.6 Å². The fourth-order valence-electron chi connectivity index (χ4n) is 1.31. The first-order valence-corrected chi connectivity index (χ1v) is 5.93. The van der Waals surface area contributed by atoms with Crippen molar-refractivity contribution in [2.45, 2.75) is 52.2 Å². The average molecular weight is 246 g/mol. The minimum Gasteiger partial charge on any atom is -0.444 e. The Morgan fingerprint density at radius 3 is 2.18 bits per heavy atom. The van der Waals surface area contributed by atoms with E-state index in [0.717, 1.165) is 0 Å². The molecule has 5 heteroatoms. The highest BCUT2D eigenvalue weighted by Crippen LogP contribution is 2.12. The molecule has 0 aromatic heterocycles. The fourth-order valence-corrected chi connectivity index (χ4v) is 1.31. The molecular weight excluding hydrogens is 220 g/mol. The van der Waals surface area contributed by atoms with Crippen LogP contribution in [-0.4, -0.2) is 46.9 Å². The van der Waals surface area contributed by atoms with Crippen LogP contribution in [0.15, 0.2) is 0 Å². The molecule has 0 unspecified atom stereocenters. The number of carbonyl (C=O) groups is 1. The van der Waals surface area contributed by atoms with Crippen molar-refractivity contribution in [1.82, 2.24) is 4.90 Å². The molecule has 0 atom stereocenters. The summed E-state index contributed by atoms with van der Waals surface area (Å²) in [6.45, 7) is 10.1. The summed E-state index contributed by atoms with van der Waals surface area (Å²) in [7, 11) is 0. The minimum atomic E-state index is -0.521. The number of rotatable bonds is 5. The molecule has 5 nitrogen and oxygen atoms in total. The van der Waals surface area contributed by atoms with Gasteiger partial charge in [-0.05, 0) is 41.0 Å². The van der Waals surface area contributed by atoms with Crippen molar-refractivity contribution in [1.29, 1.82) is 0 Å². The van der Waals surface area contributed by atoms with E-state index in [4.69, 9.17) is 15.6 Å². The Labute approximate surface area is 104 Å². The van der Waals surface area contributed by atoms with Crippen LogP contribution in [0.1, 0.15) is 41.0 Å². The topological polar surface area (TPSA) is 75.8 Å². The van der Waals surface area contributed by atoms with Gasteiger partial charge < -0.3 is 20.5 Å². The number of carbonyl (C=O) groups excluding carboxylic acids is 1. The lowest BCUT2D eigenvalue weighted by Crippen LogP contribution is -2.49. The lowest BCUT2D eigenvalue weighted by molar-refractivity contribution is 0.0207. The second kappa shape index (κ2) is 6.21. The van der Waals surface area contributed by atoms with Crippen LogP contribution in [0.4, 0.5) is 4.79 Å². The summed E-state index contributed by atoms with van der Waals surface area (Å²) in [4.78, 5) is 13.5. The van der Waals surface area contributed by atoms with E-state index in [2.05, 4.69) is 0 Å². The van der Waals surface area contributed by atoms with Crippen LogP contribution in [0.2, 0.25) is 0 Å². The fraction of sp³-hybridized carbons (Fsp3) is 0.917. The van der Waals surface area contributed by atoms with Gasteiger partial charge in [-0.25, -0.2) is 4.79 Å². The Morgan fingerprint density at radius 1 is 1.29 bits per heavy atom. The Bertz CT molecular complexity index is 241. The molecule has 0 fully saturated rings. The van der Waals surface area contributed by atoms with Gasteiger partial charge in [0.2, 0.25) is 0 Å². The largest absolute Gasteiger partial charge is 0.444 e. The third-order valence-corrected chi connectivity index (χ3v) is 1.84. The molecule has 0 aromatic rings. The van der Waals surface area contributed by atoms with E-state index < -0.39 is 11.1 Å². The first kappa shape index (κ1) is 16.2. The van der Waals surface area contributed by atoms with Gasteiger partial charge in [-0.3, -0.25) is 0 Å². The van der Waals surface area contributed by atoms with E-state index >= 15 is 0 Å². The molecule has 0 saturated carbocycles. The highest BCUT2D eigenvalue weighted by atomic mass is 16.6. The minimum absolute atomic E-state index is 0.0459. The second-order valence-corrected chi connectivity index (χ2v) is 5.97.